The number of thioether (sulfide) groups is 1. The van der Waals surface area contributed by atoms with Crippen molar-refractivity contribution in [3.8, 4) is 5.75 Å². The second kappa shape index (κ2) is 3.30. The molecule has 0 saturated heterocycles. The molecule has 1 aliphatic rings. The van der Waals surface area contributed by atoms with E-state index >= 15 is 0 Å². The van der Waals surface area contributed by atoms with Gasteiger partial charge in [0.2, 0.25) is 0 Å². The summed E-state index contributed by atoms with van der Waals surface area (Å²) in [6, 6.07) is 3.75. The van der Waals surface area contributed by atoms with Crippen LogP contribution in [0.15, 0.2) is 21.5 Å². The van der Waals surface area contributed by atoms with Crippen molar-refractivity contribution >= 4 is 27.7 Å². The highest BCUT2D eigenvalue weighted by molar-refractivity contribution is 9.10. The molecule has 1 aromatic rings. The Morgan fingerprint density at radius 1 is 1.42 bits per heavy atom. The minimum absolute atomic E-state index is 0.358. The third-order valence-electron chi connectivity index (χ3n) is 2.01. The van der Waals surface area contributed by atoms with Crippen molar-refractivity contribution in [2.24, 2.45) is 0 Å². The van der Waals surface area contributed by atoms with Gasteiger partial charge in [-0.3, -0.25) is 0 Å². The van der Waals surface area contributed by atoms with Crippen LogP contribution in [0.25, 0.3) is 0 Å². The number of aromatic hydroxyl groups is 1. The molecule has 1 aliphatic heterocycles. The molecule has 0 unspecified atom stereocenters. The first-order chi connectivity index (χ1) is 5.79. The molecule has 1 nitrogen and oxygen atoms in total. The smallest absolute Gasteiger partial charge is 0.130 e. The average Bonchev–Trinajstić information content (AvgIpc) is 2.12. The normalized spacial score (nSPS) is 15.8. The van der Waals surface area contributed by atoms with Gasteiger partial charge in [0.15, 0.2) is 0 Å². The molecule has 0 bridgehead atoms. The average molecular weight is 245 g/mol. The molecule has 0 aromatic heterocycles. The highest BCUT2D eigenvalue weighted by Gasteiger charge is 2.14. The molecule has 64 valence electrons. The summed E-state index contributed by atoms with van der Waals surface area (Å²) in [7, 11) is 0. The Hall–Kier alpha value is -0.150. The van der Waals surface area contributed by atoms with Crippen LogP contribution in [0.5, 0.6) is 5.75 Å². The van der Waals surface area contributed by atoms with E-state index in [0.717, 1.165) is 10.9 Å². The number of fused-ring (bicyclic) bond motifs is 1. The van der Waals surface area contributed by atoms with E-state index in [1.807, 2.05) is 17.8 Å². The Labute approximate surface area is 84.3 Å². The number of halogens is 1. The Bertz CT molecular complexity index is 312. The predicted molar refractivity (Wildman–Crippen MR) is 54.9 cm³/mol. The molecule has 0 aliphatic carbocycles. The summed E-state index contributed by atoms with van der Waals surface area (Å²) in [5.41, 5.74) is 1.27. The fourth-order valence-corrected chi connectivity index (χ4v) is 3.12. The van der Waals surface area contributed by atoms with E-state index in [-0.39, 0.29) is 0 Å². The van der Waals surface area contributed by atoms with Crippen molar-refractivity contribution in [2.45, 2.75) is 17.7 Å². The van der Waals surface area contributed by atoms with E-state index in [1.165, 1.54) is 22.6 Å². The van der Waals surface area contributed by atoms with E-state index in [1.54, 1.807) is 6.07 Å². The van der Waals surface area contributed by atoms with Gasteiger partial charge in [-0.15, -0.1) is 11.8 Å². The van der Waals surface area contributed by atoms with Crippen LogP contribution in [-0.4, -0.2) is 10.9 Å². The van der Waals surface area contributed by atoms with Crippen LogP contribution in [0, 0.1) is 0 Å². The van der Waals surface area contributed by atoms with E-state index < -0.39 is 0 Å². The zero-order valence-electron chi connectivity index (χ0n) is 6.51. The first kappa shape index (κ1) is 8.45. The molecule has 2 rings (SSSR count). The first-order valence-corrected chi connectivity index (χ1v) is 5.70. The summed E-state index contributed by atoms with van der Waals surface area (Å²) in [6.07, 6.45) is 2.29. The third kappa shape index (κ3) is 1.36. The highest BCUT2D eigenvalue weighted by Crippen LogP contribution is 2.38. The summed E-state index contributed by atoms with van der Waals surface area (Å²) in [5, 5.41) is 9.42. The minimum atomic E-state index is 0.358. The molecule has 12 heavy (non-hydrogen) atoms. The second-order valence-corrected chi connectivity index (χ2v) is 4.76. The number of rotatable bonds is 0. The lowest BCUT2D eigenvalue weighted by molar-refractivity contribution is 0.470. The Morgan fingerprint density at radius 2 is 2.25 bits per heavy atom. The molecule has 0 radical (unpaired) electrons. The number of hydrogen-bond acceptors (Lipinski definition) is 2. The molecule has 3 heteroatoms. The van der Waals surface area contributed by atoms with E-state index in [4.69, 9.17) is 0 Å². The number of phenolic OH excluding ortho intramolecular Hbond substituents is 1. The minimum Gasteiger partial charge on any atom is -0.507 e. The van der Waals surface area contributed by atoms with Crippen LogP contribution in [0.1, 0.15) is 12.0 Å². The summed E-state index contributed by atoms with van der Waals surface area (Å²) in [4.78, 5) is 1.31. The van der Waals surface area contributed by atoms with Gasteiger partial charge in [-0.1, -0.05) is 0 Å². The fourth-order valence-electron chi connectivity index (χ4n) is 1.39. The quantitative estimate of drug-likeness (QED) is 0.757. The molecular formula is C9H9BrOS. The lowest BCUT2D eigenvalue weighted by Gasteiger charge is -2.16. The lowest BCUT2D eigenvalue weighted by atomic mass is 10.1. The van der Waals surface area contributed by atoms with Crippen molar-refractivity contribution in [1.82, 2.24) is 0 Å². The van der Waals surface area contributed by atoms with Crippen LogP contribution in [0.3, 0.4) is 0 Å². The van der Waals surface area contributed by atoms with Gasteiger partial charge in [0.05, 0.1) is 4.47 Å². The molecule has 0 amide bonds. The summed E-state index contributed by atoms with van der Waals surface area (Å²) in [5.74, 6) is 1.56. The highest BCUT2D eigenvalue weighted by atomic mass is 79.9. The van der Waals surface area contributed by atoms with Crippen LogP contribution >= 0.6 is 27.7 Å². The van der Waals surface area contributed by atoms with Crippen molar-refractivity contribution in [2.75, 3.05) is 5.75 Å². The summed E-state index contributed by atoms with van der Waals surface area (Å²) >= 11 is 5.27. The lowest BCUT2D eigenvalue weighted by Crippen LogP contribution is -1.98. The van der Waals surface area contributed by atoms with Crippen molar-refractivity contribution < 1.29 is 5.11 Å². The molecule has 1 heterocycles. The number of hydrogen-bond donors (Lipinski definition) is 1. The molecular weight excluding hydrogens is 236 g/mol. The molecule has 0 saturated carbocycles. The Morgan fingerprint density at radius 3 is 3.08 bits per heavy atom. The summed E-state index contributed by atoms with van der Waals surface area (Å²) in [6.45, 7) is 0. The second-order valence-electron chi connectivity index (χ2n) is 2.83. The van der Waals surface area contributed by atoms with Gasteiger partial charge in [-0.2, -0.15) is 0 Å². The molecule has 1 aromatic carbocycles. The largest absolute Gasteiger partial charge is 0.507 e. The molecule has 0 spiro atoms. The van der Waals surface area contributed by atoms with Gasteiger partial charge in [-0.05, 0) is 52.2 Å². The maximum absolute atomic E-state index is 9.42. The standard InChI is InChI=1S/C9H9BrOS/c10-9-6-2-1-5-12-8(6)4-3-7(9)11/h3-4,11H,1-2,5H2. The molecule has 0 fully saturated rings. The summed E-state index contributed by atoms with van der Waals surface area (Å²) < 4.78 is 0.882. The maximum Gasteiger partial charge on any atom is 0.130 e. The number of phenols is 1. The van der Waals surface area contributed by atoms with Crippen LogP contribution in [0.4, 0.5) is 0 Å². The van der Waals surface area contributed by atoms with Crippen molar-refractivity contribution in [1.29, 1.82) is 0 Å². The van der Waals surface area contributed by atoms with Gasteiger partial charge in [0, 0.05) is 4.90 Å². The van der Waals surface area contributed by atoms with Crippen LogP contribution in [0.2, 0.25) is 0 Å². The van der Waals surface area contributed by atoms with Crippen LogP contribution in [-0.2, 0) is 6.42 Å². The van der Waals surface area contributed by atoms with Crippen molar-refractivity contribution in [3.05, 3.63) is 22.2 Å². The van der Waals surface area contributed by atoms with Gasteiger partial charge in [0.25, 0.3) is 0 Å². The van der Waals surface area contributed by atoms with Crippen molar-refractivity contribution in [3.63, 3.8) is 0 Å². The SMILES string of the molecule is Oc1ccc2c(c1Br)CCCS2. The molecule has 1 N–H and O–H groups in total. The third-order valence-corrected chi connectivity index (χ3v) is 4.08. The number of benzene rings is 1. The molecule has 0 atom stereocenters. The Balaban J connectivity index is 2.54. The maximum atomic E-state index is 9.42. The van der Waals surface area contributed by atoms with E-state index in [0.29, 0.717) is 5.75 Å². The van der Waals surface area contributed by atoms with E-state index in [2.05, 4.69) is 15.9 Å². The zero-order valence-corrected chi connectivity index (χ0v) is 8.91. The zero-order chi connectivity index (χ0) is 8.55. The first-order valence-electron chi connectivity index (χ1n) is 3.92. The van der Waals surface area contributed by atoms with Gasteiger partial charge in [-0.25, -0.2) is 0 Å². The van der Waals surface area contributed by atoms with Crippen LogP contribution < -0.4 is 0 Å². The van der Waals surface area contributed by atoms with Gasteiger partial charge >= 0.3 is 0 Å². The fraction of sp³-hybridized carbons (Fsp3) is 0.333. The topological polar surface area (TPSA) is 20.2 Å². The monoisotopic (exact) mass is 244 g/mol. The van der Waals surface area contributed by atoms with Gasteiger partial charge < -0.3 is 5.11 Å². The Kier molecular flexibility index (Phi) is 2.33. The van der Waals surface area contributed by atoms with Gasteiger partial charge in [0.1, 0.15) is 5.75 Å². The van der Waals surface area contributed by atoms with E-state index in [9.17, 15) is 5.11 Å². The predicted octanol–water partition coefficient (Wildman–Crippen LogP) is 3.19.